The highest BCUT2D eigenvalue weighted by molar-refractivity contribution is 7.18. The average molecular weight is 265 g/mol. The van der Waals surface area contributed by atoms with Crippen LogP contribution in [0.25, 0.3) is 10.2 Å². The number of benzene rings is 1. The molecule has 0 saturated carbocycles. The number of nitrogen functional groups attached to an aromatic ring is 1. The molecule has 1 unspecified atom stereocenters. The van der Waals surface area contributed by atoms with Gasteiger partial charge in [0, 0.05) is 0 Å². The number of anilines is 2. The van der Waals surface area contributed by atoms with Crippen LogP contribution in [0.15, 0.2) is 12.1 Å². The number of aromatic nitrogens is 1. The Labute approximate surface area is 111 Å². The van der Waals surface area contributed by atoms with E-state index in [2.05, 4.69) is 10.3 Å². The molecule has 18 heavy (non-hydrogen) atoms. The van der Waals surface area contributed by atoms with E-state index < -0.39 is 0 Å². The Bertz CT molecular complexity index is 561. The topological polar surface area (TPSA) is 71.2 Å². The van der Waals surface area contributed by atoms with Crippen LogP contribution in [0.4, 0.5) is 11.4 Å². The lowest BCUT2D eigenvalue weighted by molar-refractivity contribution is 0.219. The molecule has 0 radical (unpaired) electrons. The maximum atomic E-state index is 9.44. The van der Waals surface area contributed by atoms with Gasteiger partial charge in [-0.3, -0.25) is 0 Å². The molecule has 98 valence electrons. The Balaban J connectivity index is 2.41. The van der Waals surface area contributed by atoms with Gasteiger partial charge in [-0.05, 0) is 32.4 Å². The van der Waals surface area contributed by atoms with Crippen LogP contribution in [0.3, 0.4) is 0 Å². The van der Waals surface area contributed by atoms with E-state index in [9.17, 15) is 5.11 Å². The Hall–Kier alpha value is -1.33. The quantitative estimate of drug-likeness (QED) is 0.743. The summed E-state index contributed by atoms with van der Waals surface area (Å²) in [4.78, 5) is 4.46. The molecule has 0 spiro atoms. The van der Waals surface area contributed by atoms with Crippen molar-refractivity contribution in [1.82, 2.24) is 4.98 Å². The minimum Gasteiger partial charge on any atom is -0.397 e. The van der Waals surface area contributed by atoms with Crippen molar-refractivity contribution in [2.75, 3.05) is 17.7 Å². The van der Waals surface area contributed by atoms with Crippen molar-refractivity contribution in [3.63, 3.8) is 0 Å². The molecule has 1 aromatic carbocycles. The second-order valence-corrected chi connectivity index (χ2v) is 6.07. The fourth-order valence-corrected chi connectivity index (χ4v) is 2.64. The molecule has 5 heteroatoms. The van der Waals surface area contributed by atoms with E-state index in [4.69, 9.17) is 5.73 Å². The number of aryl methyl sites for hydroxylation is 1. The fraction of sp³-hybridized carbons (Fsp3) is 0.462. The second kappa shape index (κ2) is 4.74. The molecular weight excluding hydrogens is 246 g/mol. The zero-order valence-electron chi connectivity index (χ0n) is 10.9. The Morgan fingerprint density at radius 1 is 1.50 bits per heavy atom. The van der Waals surface area contributed by atoms with Gasteiger partial charge in [0.25, 0.3) is 0 Å². The highest BCUT2D eigenvalue weighted by Crippen LogP contribution is 2.31. The normalized spacial score (nSPS) is 14.7. The summed E-state index contributed by atoms with van der Waals surface area (Å²) in [6, 6.07) is 3.90. The molecular formula is C13H19N3OS. The number of thiazole rings is 1. The van der Waals surface area contributed by atoms with Gasteiger partial charge in [0.2, 0.25) is 0 Å². The van der Waals surface area contributed by atoms with Gasteiger partial charge in [-0.2, -0.15) is 0 Å². The number of aliphatic hydroxyl groups excluding tert-OH is 1. The molecule has 0 aliphatic rings. The molecule has 0 bridgehead atoms. The molecule has 1 heterocycles. The zero-order chi connectivity index (χ0) is 13.3. The maximum Gasteiger partial charge on any atom is 0.0907 e. The van der Waals surface area contributed by atoms with Crippen LogP contribution in [0.2, 0.25) is 0 Å². The molecule has 0 saturated heterocycles. The van der Waals surface area contributed by atoms with Crippen LogP contribution in [-0.2, 0) is 0 Å². The molecule has 2 aromatic rings. The monoisotopic (exact) mass is 265 g/mol. The van der Waals surface area contributed by atoms with Crippen molar-refractivity contribution in [3.05, 3.63) is 17.1 Å². The van der Waals surface area contributed by atoms with Crippen LogP contribution >= 0.6 is 11.3 Å². The molecule has 2 rings (SSSR count). The van der Waals surface area contributed by atoms with Gasteiger partial charge in [0.15, 0.2) is 0 Å². The summed E-state index contributed by atoms with van der Waals surface area (Å²) in [5.74, 6) is 0. The molecule has 4 N–H and O–H groups in total. The molecule has 0 aliphatic carbocycles. The number of nitrogens with two attached hydrogens (primary N) is 1. The van der Waals surface area contributed by atoms with E-state index in [1.54, 1.807) is 11.3 Å². The van der Waals surface area contributed by atoms with Crippen molar-refractivity contribution in [1.29, 1.82) is 0 Å². The van der Waals surface area contributed by atoms with Crippen molar-refractivity contribution in [2.24, 2.45) is 0 Å². The summed E-state index contributed by atoms with van der Waals surface area (Å²) < 4.78 is 1.10. The summed E-state index contributed by atoms with van der Waals surface area (Å²) in [7, 11) is 0. The number of rotatable bonds is 4. The number of hydrogen-bond acceptors (Lipinski definition) is 5. The highest BCUT2D eigenvalue weighted by Gasteiger charge is 2.21. The van der Waals surface area contributed by atoms with E-state index in [1.165, 1.54) is 0 Å². The van der Waals surface area contributed by atoms with E-state index in [0.29, 0.717) is 5.69 Å². The van der Waals surface area contributed by atoms with E-state index >= 15 is 0 Å². The first kappa shape index (κ1) is 13.1. The third-order valence-electron chi connectivity index (χ3n) is 3.23. The van der Waals surface area contributed by atoms with E-state index in [1.807, 2.05) is 32.9 Å². The Morgan fingerprint density at radius 3 is 2.83 bits per heavy atom. The number of hydrogen-bond donors (Lipinski definition) is 3. The average Bonchev–Trinajstić information content (AvgIpc) is 2.68. The second-order valence-electron chi connectivity index (χ2n) is 4.84. The third kappa shape index (κ3) is 2.42. The van der Waals surface area contributed by atoms with Gasteiger partial charge in [-0.15, -0.1) is 11.3 Å². The van der Waals surface area contributed by atoms with Crippen molar-refractivity contribution in [2.45, 2.75) is 32.7 Å². The molecule has 4 nitrogen and oxygen atoms in total. The third-order valence-corrected chi connectivity index (χ3v) is 4.17. The van der Waals surface area contributed by atoms with Crippen molar-refractivity contribution in [3.8, 4) is 0 Å². The molecule has 0 fully saturated rings. The van der Waals surface area contributed by atoms with Gasteiger partial charge < -0.3 is 16.2 Å². The molecule has 0 aliphatic heterocycles. The first-order valence-electron chi connectivity index (χ1n) is 6.03. The predicted molar refractivity (Wildman–Crippen MR) is 78.2 cm³/mol. The van der Waals surface area contributed by atoms with Gasteiger partial charge in [0.1, 0.15) is 0 Å². The standard InChI is InChI=1S/C13H19N3OS/c1-4-13(3,7-17)16-10-6-11-12(5-9(10)14)18-8(2)15-11/h5-6,16-17H,4,7,14H2,1-3H3. The largest absolute Gasteiger partial charge is 0.397 e. The van der Waals surface area contributed by atoms with E-state index in [-0.39, 0.29) is 12.1 Å². The summed E-state index contributed by atoms with van der Waals surface area (Å²) in [6.45, 7) is 6.06. The summed E-state index contributed by atoms with van der Waals surface area (Å²) >= 11 is 1.64. The smallest absolute Gasteiger partial charge is 0.0907 e. The minimum absolute atomic E-state index is 0.0665. The fourth-order valence-electron chi connectivity index (χ4n) is 1.78. The number of nitrogens with one attached hydrogen (secondary N) is 1. The molecule has 1 aromatic heterocycles. The predicted octanol–water partition coefficient (Wildman–Crippen LogP) is 2.76. The van der Waals surface area contributed by atoms with Crippen molar-refractivity contribution < 1.29 is 5.11 Å². The van der Waals surface area contributed by atoms with Crippen LogP contribution in [0.1, 0.15) is 25.3 Å². The van der Waals surface area contributed by atoms with Gasteiger partial charge >= 0.3 is 0 Å². The maximum absolute atomic E-state index is 9.44. The minimum atomic E-state index is -0.354. The summed E-state index contributed by atoms with van der Waals surface area (Å²) in [5.41, 5.74) is 8.18. The Kier molecular flexibility index (Phi) is 3.45. The molecule has 0 amide bonds. The highest BCUT2D eigenvalue weighted by atomic mass is 32.1. The van der Waals surface area contributed by atoms with E-state index in [0.717, 1.165) is 27.3 Å². The lowest BCUT2D eigenvalue weighted by Gasteiger charge is -2.29. The van der Waals surface area contributed by atoms with Gasteiger partial charge in [-0.1, -0.05) is 6.92 Å². The number of nitrogens with zero attached hydrogens (tertiary/aromatic N) is 1. The lowest BCUT2D eigenvalue weighted by Crippen LogP contribution is -2.38. The SMILES string of the molecule is CCC(C)(CO)Nc1cc2nc(C)sc2cc1N. The number of fused-ring (bicyclic) bond motifs is 1. The van der Waals surface area contributed by atoms with Crippen LogP contribution in [0.5, 0.6) is 0 Å². The van der Waals surface area contributed by atoms with Crippen molar-refractivity contribution >= 4 is 32.9 Å². The van der Waals surface area contributed by atoms with Gasteiger partial charge in [-0.25, -0.2) is 4.98 Å². The van der Waals surface area contributed by atoms with Gasteiger partial charge in [0.05, 0.1) is 38.7 Å². The van der Waals surface area contributed by atoms with Crippen LogP contribution in [-0.4, -0.2) is 22.2 Å². The summed E-state index contributed by atoms with van der Waals surface area (Å²) in [5, 5.41) is 13.8. The first-order chi connectivity index (χ1) is 8.47. The van der Waals surface area contributed by atoms with Crippen LogP contribution in [0, 0.1) is 6.92 Å². The number of aliphatic hydroxyl groups is 1. The first-order valence-corrected chi connectivity index (χ1v) is 6.85. The lowest BCUT2D eigenvalue weighted by atomic mass is 9.99. The zero-order valence-corrected chi connectivity index (χ0v) is 11.8. The van der Waals surface area contributed by atoms with Crippen LogP contribution < -0.4 is 11.1 Å². The molecule has 1 atom stereocenters. The Morgan fingerprint density at radius 2 is 2.22 bits per heavy atom. The summed E-state index contributed by atoms with van der Waals surface area (Å²) in [6.07, 6.45) is 0.817.